The van der Waals surface area contributed by atoms with Gasteiger partial charge >= 0.3 is 0 Å². The number of rotatable bonds is 6. The summed E-state index contributed by atoms with van der Waals surface area (Å²) in [5.41, 5.74) is 6.64. The lowest BCUT2D eigenvalue weighted by Gasteiger charge is -2.23. The van der Waals surface area contributed by atoms with Crippen molar-refractivity contribution >= 4 is 16.5 Å². The van der Waals surface area contributed by atoms with Crippen molar-refractivity contribution in [3.63, 3.8) is 0 Å². The van der Waals surface area contributed by atoms with Gasteiger partial charge in [-0.3, -0.25) is 0 Å². The molecular formula is C10H19N3OS. The van der Waals surface area contributed by atoms with Gasteiger partial charge in [0.25, 0.3) is 0 Å². The molecule has 0 radical (unpaired) electrons. The van der Waals surface area contributed by atoms with E-state index in [1.165, 1.54) is 11.3 Å². The number of likely N-dealkylation sites (N-methyl/N-ethyl adjacent to an activating group) is 1. The first kappa shape index (κ1) is 12.4. The summed E-state index contributed by atoms with van der Waals surface area (Å²) in [5.74, 6) is 0. The number of aromatic nitrogens is 1. The number of nitrogen functional groups attached to an aromatic ring is 1. The van der Waals surface area contributed by atoms with Crippen LogP contribution in [0.15, 0.2) is 5.38 Å². The summed E-state index contributed by atoms with van der Waals surface area (Å²) in [6.45, 7) is 3.89. The van der Waals surface area contributed by atoms with Gasteiger partial charge in [0.05, 0.1) is 12.3 Å². The Morgan fingerprint density at radius 2 is 2.40 bits per heavy atom. The van der Waals surface area contributed by atoms with E-state index in [0.29, 0.717) is 11.2 Å². The second-order valence-electron chi connectivity index (χ2n) is 3.71. The second kappa shape index (κ2) is 6.05. The number of thiazole rings is 1. The minimum absolute atomic E-state index is 0.436. The van der Waals surface area contributed by atoms with E-state index in [9.17, 15) is 0 Å². The first-order valence-corrected chi connectivity index (χ1v) is 5.90. The maximum absolute atomic E-state index is 5.57. The molecule has 1 aromatic rings. The average Bonchev–Trinajstić information content (AvgIpc) is 2.61. The number of hydrogen-bond donors (Lipinski definition) is 1. The standard InChI is InChI=1S/C10H19N3OS/c1-8(6-14-3)13(2)5-4-9-7-15-10(11)12-9/h7-8H,4-6H2,1-3H3,(H2,11,12). The predicted molar refractivity (Wildman–Crippen MR) is 64.2 cm³/mol. The van der Waals surface area contributed by atoms with Gasteiger partial charge in [-0.25, -0.2) is 4.98 Å². The molecule has 86 valence electrons. The number of ether oxygens (including phenoxy) is 1. The van der Waals surface area contributed by atoms with Crippen molar-refractivity contribution in [2.24, 2.45) is 0 Å². The van der Waals surface area contributed by atoms with Gasteiger partial charge in [-0.2, -0.15) is 0 Å². The molecule has 0 spiro atoms. The van der Waals surface area contributed by atoms with Crippen molar-refractivity contribution in [2.75, 3.05) is 33.0 Å². The highest BCUT2D eigenvalue weighted by Crippen LogP contribution is 2.11. The Bertz CT molecular complexity index is 290. The Balaban J connectivity index is 2.30. The molecule has 1 heterocycles. The van der Waals surface area contributed by atoms with Crippen LogP contribution in [0.5, 0.6) is 0 Å². The van der Waals surface area contributed by atoms with Crippen LogP contribution in [0.25, 0.3) is 0 Å². The Hall–Kier alpha value is -0.650. The molecule has 1 aromatic heterocycles. The summed E-state index contributed by atoms with van der Waals surface area (Å²) in [4.78, 5) is 6.49. The Morgan fingerprint density at radius 3 is 2.93 bits per heavy atom. The van der Waals surface area contributed by atoms with Gasteiger partial charge in [-0.15, -0.1) is 11.3 Å². The Kier molecular flexibility index (Phi) is 5.01. The molecule has 4 nitrogen and oxygen atoms in total. The van der Waals surface area contributed by atoms with Crippen molar-refractivity contribution in [1.29, 1.82) is 0 Å². The zero-order valence-electron chi connectivity index (χ0n) is 9.56. The van der Waals surface area contributed by atoms with Gasteiger partial charge in [-0.1, -0.05) is 0 Å². The zero-order valence-corrected chi connectivity index (χ0v) is 10.4. The molecule has 0 fully saturated rings. The van der Waals surface area contributed by atoms with Gasteiger partial charge in [0, 0.05) is 31.5 Å². The zero-order chi connectivity index (χ0) is 11.3. The van der Waals surface area contributed by atoms with Crippen LogP contribution in [-0.2, 0) is 11.2 Å². The maximum Gasteiger partial charge on any atom is 0.180 e. The molecule has 0 bridgehead atoms. The van der Waals surface area contributed by atoms with E-state index in [1.54, 1.807) is 7.11 Å². The van der Waals surface area contributed by atoms with E-state index in [4.69, 9.17) is 10.5 Å². The Morgan fingerprint density at radius 1 is 1.67 bits per heavy atom. The Labute approximate surface area is 95.1 Å². The average molecular weight is 229 g/mol. The molecule has 0 aliphatic rings. The minimum Gasteiger partial charge on any atom is -0.383 e. The minimum atomic E-state index is 0.436. The van der Waals surface area contributed by atoms with Gasteiger partial charge < -0.3 is 15.4 Å². The third-order valence-electron chi connectivity index (χ3n) is 2.45. The van der Waals surface area contributed by atoms with E-state index < -0.39 is 0 Å². The molecule has 2 N–H and O–H groups in total. The largest absolute Gasteiger partial charge is 0.383 e. The highest BCUT2D eigenvalue weighted by molar-refractivity contribution is 7.13. The number of methoxy groups -OCH3 is 1. The van der Waals surface area contributed by atoms with Gasteiger partial charge in [0.15, 0.2) is 5.13 Å². The fraction of sp³-hybridized carbons (Fsp3) is 0.700. The van der Waals surface area contributed by atoms with Crippen LogP contribution in [0, 0.1) is 0 Å². The quantitative estimate of drug-likeness (QED) is 0.797. The summed E-state index contributed by atoms with van der Waals surface area (Å²) < 4.78 is 5.11. The van der Waals surface area contributed by atoms with Crippen molar-refractivity contribution in [2.45, 2.75) is 19.4 Å². The number of anilines is 1. The summed E-state index contributed by atoms with van der Waals surface area (Å²) >= 11 is 1.50. The molecule has 0 saturated heterocycles. The maximum atomic E-state index is 5.57. The predicted octanol–water partition coefficient (Wildman–Crippen LogP) is 1.23. The SMILES string of the molecule is COCC(C)N(C)CCc1csc(N)n1. The van der Waals surface area contributed by atoms with E-state index in [-0.39, 0.29) is 0 Å². The fourth-order valence-electron chi connectivity index (χ4n) is 1.32. The highest BCUT2D eigenvalue weighted by Gasteiger charge is 2.09. The van der Waals surface area contributed by atoms with Crippen LogP contribution in [0.4, 0.5) is 5.13 Å². The van der Waals surface area contributed by atoms with Crippen molar-refractivity contribution < 1.29 is 4.74 Å². The van der Waals surface area contributed by atoms with E-state index in [1.807, 2.05) is 5.38 Å². The van der Waals surface area contributed by atoms with Crippen molar-refractivity contribution in [1.82, 2.24) is 9.88 Å². The van der Waals surface area contributed by atoms with Crippen LogP contribution in [0.2, 0.25) is 0 Å². The lowest BCUT2D eigenvalue weighted by molar-refractivity contribution is 0.116. The monoisotopic (exact) mass is 229 g/mol. The molecule has 5 heteroatoms. The molecular weight excluding hydrogens is 210 g/mol. The number of nitrogens with two attached hydrogens (primary N) is 1. The third kappa shape index (κ3) is 4.15. The molecule has 1 atom stereocenters. The van der Waals surface area contributed by atoms with Crippen LogP contribution < -0.4 is 5.73 Å². The second-order valence-corrected chi connectivity index (χ2v) is 4.60. The smallest absolute Gasteiger partial charge is 0.180 e. The van der Waals surface area contributed by atoms with Crippen molar-refractivity contribution in [3.8, 4) is 0 Å². The first-order valence-electron chi connectivity index (χ1n) is 5.02. The van der Waals surface area contributed by atoms with Gasteiger partial charge in [0.1, 0.15) is 0 Å². The number of nitrogens with zero attached hydrogens (tertiary/aromatic N) is 2. The van der Waals surface area contributed by atoms with Crippen LogP contribution in [0.1, 0.15) is 12.6 Å². The molecule has 0 amide bonds. The highest BCUT2D eigenvalue weighted by atomic mass is 32.1. The molecule has 0 saturated carbocycles. The molecule has 0 aliphatic carbocycles. The third-order valence-corrected chi connectivity index (χ3v) is 3.17. The van der Waals surface area contributed by atoms with Crippen molar-refractivity contribution in [3.05, 3.63) is 11.1 Å². The lowest BCUT2D eigenvalue weighted by Crippen LogP contribution is -2.34. The van der Waals surface area contributed by atoms with Gasteiger partial charge in [-0.05, 0) is 14.0 Å². The van der Waals surface area contributed by atoms with E-state index in [2.05, 4.69) is 23.9 Å². The first-order chi connectivity index (χ1) is 7.13. The fourth-order valence-corrected chi connectivity index (χ4v) is 1.91. The van der Waals surface area contributed by atoms with E-state index >= 15 is 0 Å². The summed E-state index contributed by atoms with van der Waals surface area (Å²) in [5, 5.41) is 2.67. The normalized spacial score (nSPS) is 13.3. The van der Waals surface area contributed by atoms with Crippen LogP contribution in [-0.4, -0.2) is 43.2 Å². The van der Waals surface area contributed by atoms with E-state index in [0.717, 1.165) is 25.3 Å². The topological polar surface area (TPSA) is 51.4 Å². The molecule has 0 aliphatic heterocycles. The van der Waals surface area contributed by atoms with Gasteiger partial charge in [0.2, 0.25) is 0 Å². The summed E-state index contributed by atoms with van der Waals surface area (Å²) in [6.07, 6.45) is 0.943. The lowest BCUT2D eigenvalue weighted by atomic mass is 10.2. The molecule has 0 aromatic carbocycles. The van der Waals surface area contributed by atoms with Crippen LogP contribution in [0.3, 0.4) is 0 Å². The summed E-state index contributed by atoms with van der Waals surface area (Å²) in [7, 11) is 3.82. The molecule has 15 heavy (non-hydrogen) atoms. The molecule has 1 unspecified atom stereocenters. The number of hydrogen-bond acceptors (Lipinski definition) is 5. The summed E-state index contributed by atoms with van der Waals surface area (Å²) in [6, 6.07) is 0.436. The van der Waals surface area contributed by atoms with Crippen LogP contribution >= 0.6 is 11.3 Å². The molecule has 1 rings (SSSR count).